The van der Waals surface area contributed by atoms with Gasteiger partial charge in [0, 0.05) is 17.9 Å². The number of nitrogens with one attached hydrogen (secondary N) is 1. The van der Waals surface area contributed by atoms with Gasteiger partial charge < -0.3 is 5.43 Å². The molecule has 66 valence electrons. The number of nitrogens with zero attached hydrogens (tertiary/aromatic N) is 1. The lowest BCUT2D eigenvalue weighted by molar-refractivity contribution is 0.738. The van der Waals surface area contributed by atoms with Gasteiger partial charge in [0.2, 0.25) is 0 Å². The van der Waals surface area contributed by atoms with Crippen molar-refractivity contribution >= 4 is 0 Å². The highest BCUT2D eigenvalue weighted by Gasteiger charge is 2.20. The number of aromatic nitrogens is 1. The average molecular weight is 164 g/mol. The molecular formula is C10H16N2. The maximum absolute atomic E-state index is 3.44. The van der Waals surface area contributed by atoms with Crippen LogP contribution in [0.1, 0.15) is 24.2 Å². The van der Waals surface area contributed by atoms with Crippen LogP contribution >= 0.6 is 0 Å². The molecule has 1 aliphatic carbocycles. The van der Waals surface area contributed by atoms with Gasteiger partial charge in [0.05, 0.1) is 0 Å². The molecule has 0 unspecified atom stereocenters. The second kappa shape index (κ2) is 2.85. The van der Waals surface area contributed by atoms with Crippen LogP contribution in [0, 0.1) is 19.8 Å². The molecule has 1 heterocycles. The van der Waals surface area contributed by atoms with Gasteiger partial charge in [-0.25, -0.2) is 0 Å². The number of hydrogen-bond donors (Lipinski definition) is 1. The summed E-state index contributed by atoms with van der Waals surface area (Å²) in [5.41, 5.74) is 6.04. The lowest BCUT2D eigenvalue weighted by atomic mass is 10.4. The number of rotatable bonds is 3. The van der Waals surface area contributed by atoms with Crippen LogP contribution in [0.15, 0.2) is 12.1 Å². The molecule has 0 radical (unpaired) electrons. The Morgan fingerprint density at radius 3 is 2.42 bits per heavy atom. The standard InChI is InChI=1S/C10H16N2/c1-8-3-4-9(2)12(8)11-7-10-5-6-10/h3-4,10-11H,5-7H2,1-2H3. The highest BCUT2D eigenvalue weighted by Crippen LogP contribution is 2.28. The van der Waals surface area contributed by atoms with Crippen molar-refractivity contribution < 1.29 is 0 Å². The molecule has 0 amide bonds. The maximum Gasteiger partial charge on any atom is 0.0366 e. The molecule has 0 atom stereocenters. The lowest BCUT2D eigenvalue weighted by Crippen LogP contribution is -2.19. The molecule has 0 bridgehead atoms. The van der Waals surface area contributed by atoms with E-state index in [4.69, 9.17) is 0 Å². The summed E-state index contributed by atoms with van der Waals surface area (Å²) in [5, 5.41) is 0. The molecule has 1 saturated carbocycles. The van der Waals surface area contributed by atoms with E-state index in [0.717, 1.165) is 12.5 Å². The summed E-state index contributed by atoms with van der Waals surface area (Å²) < 4.78 is 2.18. The summed E-state index contributed by atoms with van der Waals surface area (Å²) in [6.45, 7) is 5.40. The summed E-state index contributed by atoms with van der Waals surface area (Å²) in [5.74, 6) is 0.936. The van der Waals surface area contributed by atoms with E-state index in [1.54, 1.807) is 0 Å². The Kier molecular flexibility index (Phi) is 1.83. The van der Waals surface area contributed by atoms with E-state index < -0.39 is 0 Å². The smallest absolute Gasteiger partial charge is 0.0366 e. The Morgan fingerprint density at radius 2 is 1.92 bits per heavy atom. The van der Waals surface area contributed by atoms with Gasteiger partial charge >= 0.3 is 0 Å². The predicted octanol–water partition coefficient (Wildman–Crippen LogP) is 2.06. The summed E-state index contributed by atoms with van der Waals surface area (Å²) in [6, 6.07) is 4.30. The molecule has 0 spiro atoms. The van der Waals surface area contributed by atoms with Crippen LogP contribution in [-0.2, 0) is 0 Å². The molecule has 1 N–H and O–H groups in total. The molecule has 1 aromatic heterocycles. The largest absolute Gasteiger partial charge is 0.326 e. The van der Waals surface area contributed by atoms with Crippen molar-refractivity contribution in [2.45, 2.75) is 26.7 Å². The SMILES string of the molecule is Cc1ccc(C)n1NCC1CC1. The zero-order valence-corrected chi connectivity index (χ0v) is 7.80. The van der Waals surface area contributed by atoms with Gasteiger partial charge in [-0.3, -0.25) is 4.68 Å². The quantitative estimate of drug-likeness (QED) is 0.723. The average Bonchev–Trinajstić information content (AvgIpc) is 2.80. The minimum atomic E-state index is 0.936. The van der Waals surface area contributed by atoms with Gasteiger partial charge in [-0.1, -0.05) is 0 Å². The Morgan fingerprint density at radius 1 is 1.33 bits per heavy atom. The van der Waals surface area contributed by atoms with Crippen molar-refractivity contribution in [1.82, 2.24) is 4.68 Å². The fraction of sp³-hybridized carbons (Fsp3) is 0.600. The van der Waals surface area contributed by atoms with E-state index in [0.29, 0.717) is 0 Å². The van der Waals surface area contributed by atoms with Crippen LogP contribution in [0.25, 0.3) is 0 Å². The fourth-order valence-corrected chi connectivity index (χ4v) is 1.46. The molecule has 2 heteroatoms. The highest BCUT2D eigenvalue weighted by atomic mass is 15.4. The van der Waals surface area contributed by atoms with Crippen LogP contribution in [0.5, 0.6) is 0 Å². The van der Waals surface area contributed by atoms with E-state index in [2.05, 4.69) is 36.1 Å². The van der Waals surface area contributed by atoms with Crippen molar-refractivity contribution in [3.63, 3.8) is 0 Å². The van der Waals surface area contributed by atoms with Crippen molar-refractivity contribution in [2.75, 3.05) is 12.0 Å². The summed E-state index contributed by atoms with van der Waals surface area (Å²) in [4.78, 5) is 0. The first kappa shape index (κ1) is 7.71. The molecule has 2 rings (SSSR count). The highest BCUT2D eigenvalue weighted by molar-refractivity contribution is 5.15. The monoisotopic (exact) mass is 164 g/mol. The van der Waals surface area contributed by atoms with Gasteiger partial charge in [-0.2, -0.15) is 0 Å². The van der Waals surface area contributed by atoms with Gasteiger partial charge in [0.1, 0.15) is 0 Å². The van der Waals surface area contributed by atoms with Crippen molar-refractivity contribution in [2.24, 2.45) is 5.92 Å². The van der Waals surface area contributed by atoms with Crippen LogP contribution in [0.4, 0.5) is 0 Å². The zero-order valence-electron chi connectivity index (χ0n) is 7.80. The Hall–Kier alpha value is -0.920. The lowest BCUT2D eigenvalue weighted by Gasteiger charge is -2.11. The number of hydrogen-bond acceptors (Lipinski definition) is 1. The Balaban J connectivity index is 1.99. The molecule has 0 aliphatic heterocycles. The first-order valence-electron chi connectivity index (χ1n) is 4.66. The molecule has 0 saturated heterocycles. The van der Waals surface area contributed by atoms with Crippen LogP contribution in [-0.4, -0.2) is 11.2 Å². The van der Waals surface area contributed by atoms with Crippen LogP contribution < -0.4 is 5.43 Å². The third-order valence-corrected chi connectivity index (χ3v) is 2.51. The third kappa shape index (κ3) is 1.47. The molecule has 12 heavy (non-hydrogen) atoms. The summed E-state index contributed by atoms with van der Waals surface area (Å²) in [7, 11) is 0. The second-order valence-corrected chi connectivity index (χ2v) is 3.76. The number of aryl methyl sites for hydroxylation is 2. The maximum atomic E-state index is 3.44. The van der Waals surface area contributed by atoms with Gasteiger partial charge in [0.25, 0.3) is 0 Å². The summed E-state index contributed by atoms with van der Waals surface area (Å²) >= 11 is 0. The molecule has 2 nitrogen and oxygen atoms in total. The van der Waals surface area contributed by atoms with E-state index >= 15 is 0 Å². The Labute approximate surface area is 73.6 Å². The van der Waals surface area contributed by atoms with Crippen LogP contribution in [0.3, 0.4) is 0 Å². The van der Waals surface area contributed by atoms with E-state index in [9.17, 15) is 0 Å². The van der Waals surface area contributed by atoms with Crippen molar-refractivity contribution in [3.8, 4) is 0 Å². The Bertz CT molecular complexity index is 252. The topological polar surface area (TPSA) is 17.0 Å². The van der Waals surface area contributed by atoms with Gasteiger partial charge in [-0.15, -0.1) is 0 Å². The van der Waals surface area contributed by atoms with Gasteiger partial charge in [-0.05, 0) is 44.7 Å². The molecule has 1 aliphatic rings. The third-order valence-electron chi connectivity index (χ3n) is 2.51. The molecular weight excluding hydrogens is 148 g/mol. The molecule has 0 aromatic carbocycles. The first-order valence-corrected chi connectivity index (χ1v) is 4.66. The minimum absolute atomic E-state index is 0.936. The van der Waals surface area contributed by atoms with E-state index in [1.807, 2.05) is 0 Å². The van der Waals surface area contributed by atoms with E-state index in [1.165, 1.54) is 24.2 Å². The molecule has 1 fully saturated rings. The molecule has 1 aromatic rings. The zero-order chi connectivity index (χ0) is 8.55. The summed E-state index contributed by atoms with van der Waals surface area (Å²) in [6.07, 6.45) is 2.82. The second-order valence-electron chi connectivity index (χ2n) is 3.76. The first-order chi connectivity index (χ1) is 5.77. The van der Waals surface area contributed by atoms with Crippen LogP contribution in [0.2, 0.25) is 0 Å². The van der Waals surface area contributed by atoms with Crippen molar-refractivity contribution in [1.29, 1.82) is 0 Å². The normalized spacial score (nSPS) is 16.5. The fourth-order valence-electron chi connectivity index (χ4n) is 1.46. The van der Waals surface area contributed by atoms with Crippen molar-refractivity contribution in [3.05, 3.63) is 23.5 Å². The minimum Gasteiger partial charge on any atom is -0.326 e. The van der Waals surface area contributed by atoms with Gasteiger partial charge in [0.15, 0.2) is 0 Å². The van der Waals surface area contributed by atoms with E-state index in [-0.39, 0.29) is 0 Å². The predicted molar refractivity (Wildman–Crippen MR) is 50.9 cm³/mol.